The lowest BCUT2D eigenvalue weighted by molar-refractivity contribution is -0.138. The van der Waals surface area contributed by atoms with E-state index in [2.05, 4.69) is 25.7 Å². The summed E-state index contributed by atoms with van der Waals surface area (Å²) in [5, 5.41) is 19.2. The Morgan fingerprint density at radius 2 is 1.93 bits per heavy atom. The van der Waals surface area contributed by atoms with E-state index in [1.165, 1.54) is 33.7 Å². The predicted octanol–water partition coefficient (Wildman–Crippen LogP) is 3.11. The molecule has 1 amide bonds. The van der Waals surface area contributed by atoms with Gasteiger partial charge in [0.25, 0.3) is 0 Å². The van der Waals surface area contributed by atoms with E-state index < -0.39 is 23.6 Å². The third-order valence-electron chi connectivity index (χ3n) is 5.11. The van der Waals surface area contributed by atoms with Crippen LogP contribution in [0.1, 0.15) is 34.7 Å². The topological polar surface area (TPSA) is 90.0 Å². The van der Waals surface area contributed by atoms with Crippen LogP contribution in [0.15, 0.2) is 42.7 Å². The third kappa shape index (κ3) is 2.81. The fourth-order valence-electron chi connectivity index (χ4n) is 3.87. The monoisotopic (exact) mass is 413 g/mol. The lowest BCUT2D eigenvalue weighted by atomic mass is 9.83. The summed E-state index contributed by atoms with van der Waals surface area (Å²) < 4.78 is 43.7. The van der Waals surface area contributed by atoms with Crippen molar-refractivity contribution in [1.29, 1.82) is 0 Å². The number of aryl methyl sites for hydroxylation is 1. The van der Waals surface area contributed by atoms with Crippen molar-refractivity contribution in [3.63, 3.8) is 0 Å². The maximum Gasteiger partial charge on any atom is 0.416 e. The zero-order valence-corrected chi connectivity index (χ0v) is 15.6. The maximum atomic E-state index is 13.6. The quantitative estimate of drug-likeness (QED) is 0.545. The second kappa shape index (κ2) is 6.37. The minimum atomic E-state index is -4.53. The molecule has 0 bridgehead atoms. The average Bonchev–Trinajstić information content (AvgIpc) is 3.30. The lowest BCUT2D eigenvalue weighted by Crippen LogP contribution is -2.26. The third-order valence-corrected chi connectivity index (χ3v) is 5.11. The second-order valence-electron chi connectivity index (χ2n) is 6.97. The van der Waals surface area contributed by atoms with Gasteiger partial charge in [0.05, 0.1) is 11.3 Å². The molecule has 1 aromatic carbocycles. The molecule has 11 heteroatoms. The molecule has 1 atom stereocenters. The lowest BCUT2D eigenvalue weighted by Gasteiger charge is -2.26. The van der Waals surface area contributed by atoms with Crippen LogP contribution in [-0.2, 0) is 11.0 Å². The largest absolute Gasteiger partial charge is 0.416 e. The van der Waals surface area contributed by atoms with E-state index in [1.807, 2.05) is 0 Å². The minimum Gasteiger partial charge on any atom is -0.310 e. The Bertz CT molecular complexity index is 1290. The Labute approximate surface area is 167 Å². The van der Waals surface area contributed by atoms with Crippen LogP contribution in [-0.4, -0.2) is 35.5 Å². The summed E-state index contributed by atoms with van der Waals surface area (Å²) >= 11 is 0. The molecule has 0 aliphatic carbocycles. The highest BCUT2D eigenvalue weighted by molar-refractivity contribution is 5.95. The highest BCUT2D eigenvalue weighted by Crippen LogP contribution is 2.44. The Balaban J connectivity index is 1.69. The number of aromatic nitrogens is 6. The molecule has 1 aliphatic rings. The van der Waals surface area contributed by atoms with E-state index in [0.717, 1.165) is 6.07 Å². The van der Waals surface area contributed by atoms with Crippen molar-refractivity contribution < 1.29 is 18.0 Å². The first-order valence-electron chi connectivity index (χ1n) is 9.06. The minimum absolute atomic E-state index is 0.0472. The number of hydrogen-bond acceptors (Lipinski definition) is 5. The molecule has 0 radical (unpaired) electrons. The summed E-state index contributed by atoms with van der Waals surface area (Å²) in [6, 6.07) is 8.65. The number of carbonyl (C=O) groups is 1. The van der Waals surface area contributed by atoms with Gasteiger partial charge in [0.1, 0.15) is 12.1 Å². The fourth-order valence-corrected chi connectivity index (χ4v) is 3.87. The van der Waals surface area contributed by atoms with Gasteiger partial charge < -0.3 is 5.32 Å². The molecule has 30 heavy (non-hydrogen) atoms. The molecular formula is C19H14F3N7O. The summed E-state index contributed by atoms with van der Waals surface area (Å²) in [5.74, 6) is -0.489. The van der Waals surface area contributed by atoms with Gasteiger partial charge in [-0.1, -0.05) is 18.2 Å². The van der Waals surface area contributed by atoms with Crippen LogP contribution in [0.4, 0.5) is 19.0 Å². The number of halogens is 3. The van der Waals surface area contributed by atoms with E-state index in [1.54, 1.807) is 19.1 Å². The molecule has 152 valence electrons. The molecule has 5 rings (SSSR count). The normalized spacial score (nSPS) is 16.5. The number of alkyl halides is 3. The van der Waals surface area contributed by atoms with Gasteiger partial charge in [0, 0.05) is 17.9 Å². The summed E-state index contributed by atoms with van der Waals surface area (Å²) in [6.45, 7) is 1.70. The van der Waals surface area contributed by atoms with E-state index in [-0.39, 0.29) is 12.0 Å². The zero-order valence-electron chi connectivity index (χ0n) is 15.6. The summed E-state index contributed by atoms with van der Waals surface area (Å²) in [6.07, 6.45) is -3.22. The van der Waals surface area contributed by atoms with Crippen molar-refractivity contribution in [2.45, 2.75) is 25.4 Å². The van der Waals surface area contributed by atoms with Crippen LogP contribution in [0.5, 0.6) is 0 Å². The second-order valence-corrected chi connectivity index (χ2v) is 6.97. The van der Waals surface area contributed by atoms with Gasteiger partial charge in [-0.25, -0.2) is 0 Å². The number of carbonyl (C=O) groups excluding carboxylic acids is 1. The molecule has 0 saturated carbocycles. The highest BCUT2D eigenvalue weighted by atomic mass is 19.4. The van der Waals surface area contributed by atoms with Gasteiger partial charge in [-0.2, -0.15) is 27.5 Å². The Hall–Kier alpha value is -3.76. The summed E-state index contributed by atoms with van der Waals surface area (Å²) in [4.78, 5) is 12.5. The van der Waals surface area contributed by atoms with Crippen molar-refractivity contribution in [2.24, 2.45) is 0 Å². The number of anilines is 1. The molecule has 0 unspecified atom stereocenters. The van der Waals surface area contributed by atoms with Gasteiger partial charge in [-0.15, -0.1) is 15.3 Å². The summed E-state index contributed by atoms with van der Waals surface area (Å²) in [7, 11) is 0. The number of amides is 1. The Morgan fingerprint density at radius 1 is 1.13 bits per heavy atom. The van der Waals surface area contributed by atoms with Crippen molar-refractivity contribution in [2.75, 3.05) is 5.32 Å². The van der Waals surface area contributed by atoms with E-state index >= 15 is 0 Å². The number of hydrogen-bond donors (Lipinski definition) is 1. The van der Waals surface area contributed by atoms with Crippen LogP contribution in [0.2, 0.25) is 0 Å². The molecule has 1 aliphatic heterocycles. The van der Waals surface area contributed by atoms with Crippen molar-refractivity contribution >= 4 is 17.4 Å². The van der Waals surface area contributed by atoms with Gasteiger partial charge in [-0.3, -0.25) is 4.79 Å². The van der Waals surface area contributed by atoms with Gasteiger partial charge in [0.15, 0.2) is 11.5 Å². The molecule has 4 heterocycles. The van der Waals surface area contributed by atoms with Gasteiger partial charge in [-0.05, 0) is 30.7 Å². The van der Waals surface area contributed by atoms with E-state index in [9.17, 15) is 18.0 Å². The first kappa shape index (κ1) is 18.3. The predicted molar refractivity (Wildman–Crippen MR) is 99.2 cm³/mol. The summed E-state index contributed by atoms with van der Waals surface area (Å²) in [5.41, 5.74) is 0.866. The highest BCUT2D eigenvalue weighted by Gasteiger charge is 2.39. The van der Waals surface area contributed by atoms with Gasteiger partial charge in [0.2, 0.25) is 5.91 Å². The maximum absolute atomic E-state index is 13.6. The van der Waals surface area contributed by atoms with Crippen LogP contribution >= 0.6 is 0 Å². The molecule has 1 N–H and O–H groups in total. The van der Waals surface area contributed by atoms with Crippen LogP contribution in [0.25, 0.3) is 11.5 Å². The number of benzene rings is 1. The van der Waals surface area contributed by atoms with Crippen LogP contribution < -0.4 is 5.32 Å². The van der Waals surface area contributed by atoms with Crippen molar-refractivity contribution in [3.8, 4) is 5.82 Å². The smallest absolute Gasteiger partial charge is 0.310 e. The molecule has 4 aromatic rings. The van der Waals surface area contributed by atoms with Crippen molar-refractivity contribution in [1.82, 2.24) is 29.6 Å². The Morgan fingerprint density at radius 3 is 2.73 bits per heavy atom. The molecule has 8 nitrogen and oxygen atoms in total. The van der Waals surface area contributed by atoms with Crippen molar-refractivity contribution in [3.05, 3.63) is 65.1 Å². The molecule has 0 spiro atoms. The number of nitrogens with one attached hydrogen (secondary N) is 1. The Kier molecular flexibility index (Phi) is 3.88. The SMILES string of the molecule is Cc1nn(-c2ccc3nncn3n2)c2c1[C@H](c1ccccc1C(F)(F)F)CC(=O)N2. The molecular weight excluding hydrogens is 399 g/mol. The number of nitrogens with zero attached hydrogens (tertiary/aromatic N) is 6. The first-order chi connectivity index (χ1) is 14.3. The standard InChI is InChI=1S/C19H14F3N7O/c1-10-17-12(11-4-2-3-5-13(11)19(20,21)22)8-16(30)24-18(17)29(26-10)15-7-6-14-25-23-9-28(14)27-15/h2-7,9,12H,8H2,1H3,(H,24,30)/t12-/m0/s1. The first-order valence-corrected chi connectivity index (χ1v) is 9.06. The van der Waals surface area contributed by atoms with Crippen LogP contribution in [0, 0.1) is 6.92 Å². The number of rotatable bonds is 2. The average molecular weight is 413 g/mol. The van der Waals surface area contributed by atoms with Crippen LogP contribution in [0.3, 0.4) is 0 Å². The van der Waals surface area contributed by atoms with E-state index in [0.29, 0.717) is 28.5 Å². The molecule has 3 aromatic heterocycles. The zero-order chi connectivity index (χ0) is 21.0. The van der Waals surface area contributed by atoms with E-state index in [4.69, 9.17) is 0 Å². The fraction of sp³-hybridized carbons (Fsp3) is 0.211. The van der Waals surface area contributed by atoms with Gasteiger partial charge >= 0.3 is 6.18 Å². The molecule has 0 saturated heterocycles. The molecule has 0 fully saturated rings. The number of fused-ring (bicyclic) bond motifs is 2.